The summed E-state index contributed by atoms with van der Waals surface area (Å²) < 4.78 is 1.94. The quantitative estimate of drug-likeness (QED) is 0.797. The van der Waals surface area contributed by atoms with Gasteiger partial charge in [0.25, 0.3) is 0 Å². The largest absolute Gasteiger partial charge is 0.355 e. The van der Waals surface area contributed by atoms with Gasteiger partial charge in [0.05, 0.1) is 11.4 Å². The number of para-hydroxylation sites is 1. The summed E-state index contributed by atoms with van der Waals surface area (Å²) in [5, 5.41) is 11.8. The van der Waals surface area contributed by atoms with Crippen LogP contribution in [0.3, 0.4) is 0 Å². The van der Waals surface area contributed by atoms with Gasteiger partial charge in [0, 0.05) is 6.54 Å². The van der Waals surface area contributed by atoms with Crippen molar-refractivity contribution < 1.29 is 4.79 Å². The predicted molar refractivity (Wildman–Crippen MR) is 89.3 cm³/mol. The first-order chi connectivity index (χ1) is 10.6. The Morgan fingerprint density at radius 3 is 2.86 bits per heavy atom. The average Bonchev–Trinajstić information content (AvgIpc) is 2.99. The van der Waals surface area contributed by atoms with Crippen LogP contribution in [-0.2, 0) is 11.2 Å². The van der Waals surface area contributed by atoms with Crippen LogP contribution in [0, 0.1) is 5.92 Å². The normalized spacial score (nSPS) is 10.9. The Morgan fingerprint density at radius 2 is 2.14 bits per heavy atom. The van der Waals surface area contributed by atoms with Crippen LogP contribution in [0.25, 0.3) is 5.69 Å². The van der Waals surface area contributed by atoms with E-state index >= 15 is 0 Å². The van der Waals surface area contributed by atoms with Crippen molar-refractivity contribution >= 4 is 17.7 Å². The fraction of sp³-hybridized carbons (Fsp3) is 0.438. The van der Waals surface area contributed by atoms with E-state index in [4.69, 9.17) is 0 Å². The molecule has 1 N–H and O–H groups in total. The number of hydrogen-bond donors (Lipinski definition) is 1. The number of amides is 1. The van der Waals surface area contributed by atoms with Gasteiger partial charge in [0.2, 0.25) is 5.91 Å². The summed E-state index contributed by atoms with van der Waals surface area (Å²) in [5.74, 6) is 0.825. The first-order valence-electron chi connectivity index (χ1n) is 7.49. The van der Waals surface area contributed by atoms with E-state index in [-0.39, 0.29) is 5.91 Å². The van der Waals surface area contributed by atoms with Gasteiger partial charge >= 0.3 is 0 Å². The molecule has 0 saturated carbocycles. The summed E-state index contributed by atoms with van der Waals surface area (Å²) in [6, 6.07) is 8.17. The monoisotopic (exact) mass is 318 g/mol. The third kappa shape index (κ3) is 4.34. The molecule has 0 bridgehead atoms. The van der Waals surface area contributed by atoms with Gasteiger partial charge in [-0.15, -0.1) is 10.2 Å². The van der Waals surface area contributed by atoms with Gasteiger partial charge in [-0.3, -0.25) is 9.36 Å². The highest BCUT2D eigenvalue weighted by Gasteiger charge is 2.12. The van der Waals surface area contributed by atoms with Crippen molar-refractivity contribution in [3.05, 3.63) is 36.2 Å². The molecular formula is C16H22N4OS. The molecule has 0 saturated heterocycles. The maximum absolute atomic E-state index is 11.8. The van der Waals surface area contributed by atoms with Crippen molar-refractivity contribution in [2.75, 3.05) is 12.3 Å². The molecule has 22 heavy (non-hydrogen) atoms. The standard InChI is InChI=1S/C16H22N4OS/c1-4-13-7-5-6-8-14(13)20-11-18-19-16(20)22-10-15(21)17-9-12(2)3/h5-8,11-12H,4,9-10H2,1-3H3,(H,17,21). The maximum Gasteiger partial charge on any atom is 0.230 e. The van der Waals surface area contributed by atoms with E-state index in [1.807, 2.05) is 22.8 Å². The Hall–Kier alpha value is -1.82. The van der Waals surface area contributed by atoms with Gasteiger partial charge in [0.15, 0.2) is 5.16 Å². The average molecular weight is 318 g/mol. The van der Waals surface area contributed by atoms with E-state index in [1.165, 1.54) is 17.3 Å². The summed E-state index contributed by atoms with van der Waals surface area (Å²) in [6.45, 7) is 6.97. The Labute approximate surface area is 135 Å². The minimum absolute atomic E-state index is 0.0250. The highest BCUT2D eigenvalue weighted by atomic mass is 32.2. The molecule has 0 unspecified atom stereocenters. The van der Waals surface area contributed by atoms with Crippen LogP contribution in [0.4, 0.5) is 0 Å². The molecule has 118 valence electrons. The molecular weight excluding hydrogens is 296 g/mol. The summed E-state index contributed by atoms with van der Waals surface area (Å²) in [4.78, 5) is 11.8. The zero-order valence-electron chi connectivity index (χ0n) is 13.2. The number of nitrogens with zero attached hydrogens (tertiary/aromatic N) is 3. The Morgan fingerprint density at radius 1 is 1.36 bits per heavy atom. The molecule has 2 rings (SSSR count). The zero-order chi connectivity index (χ0) is 15.9. The summed E-state index contributed by atoms with van der Waals surface area (Å²) in [7, 11) is 0. The number of hydrogen-bond acceptors (Lipinski definition) is 4. The van der Waals surface area contributed by atoms with Crippen molar-refractivity contribution in [2.45, 2.75) is 32.3 Å². The van der Waals surface area contributed by atoms with Gasteiger partial charge in [-0.1, -0.05) is 50.7 Å². The molecule has 1 amide bonds. The molecule has 2 aromatic rings. The first-order valence-corrected chi connectivity index (χ1v) is 8.48. The van der Waals surface area contributed by atoms with Crippen LogP contribution in [0.1, 0.15) is 26.3 Å². The molecule has 0 radical (unpaired) electrons. The SMILES string of the molecule is CCc1ccccc1-n1cnnc1SCC(=O)NCC(C)C. The predicted octanol–water partition coefficient (Wildman–Crippen LogP) is 2.69. The number of carbonyl (C=O) groups excluding carboxylic acids is 1. The number of benzene rings is 1. The Balaban J connectivity index is 2.05. The van der Waals surface area contributed by atoms with Gasteiger partial charge in [-0.05, 0) is 24.0 Å². The lowest BCUT2D eigenvalue weighted by atomic mass is 10.1. The number of aromatic nitrogens is 3. The van der Waals surface area contributed by atoms with Crippen LogP contribution < -0.4 is 5.32 Å². The number of nitrogens with one attached hydrogen (secondary N) is 1. The highest BCUT2D eigenvalue weighted by Crippen LogP contribution is 2.22. The van der Waals surface area contributed by atoms with E-state index < -0.39 is 0 Å². The topological polar surface area (TPSA) is 59.8 Å². The van der Waals surface area contributed by atoms with Gasteiger partial charge in [0.1, 0.15) is 6.33 Å². The van der Waals surface area contributed by atoms with E-state index in [1.54, 1.807) is 6.33 Å². The number of rotatable bonds is 7. The van der Waals surface area contributed by atoms with Gasteiger partial charge in [-0.2, -0.15) is 0 Å². The Kier molecular flexibility index (Phi) is 6.00. The fourth-order valence-corrected chi connectivity index (χ4v) is 2.78. The summed E-state index contributed by atoms with van der Waals surface area (Å²) >= 11 is 1.40. The van der Waals surface area contributed by atoms with Crippen LogP contribution in [-0.4, -0.2) is 33.0 Å². The zero-order valence-corrected chi connectivity index (χ0v) is 14.1. The molecule has 0 aliphatic rings. The maximum atomic E-state index is 11.8. The second kappa shape index (κ2) is 7.98. The lowest BCUT2D eigenvalue weighted by Gasteiger charge is -2.11. The number of carbonyl (C=O) groups is 1. The minimum Gasteiger partial charge on any atom is -0.355 e. The third-order valence-corrected chi connectivity index (χ3v) is 4.13. The van der Waals surface area contributed by atoms with Crippen LogP contribution in [0.5, 0.6) is 0 Å². The number of aryl methyl sites for hydroxylation is 1. The number of thioether (sulfide) groups is 1. The molecule has 1 heterocycles. The minimum atomic E-state index is 0.0250. The van der Waals surface area contributed by atoms with Crippen molar-refractivity contribution in [3.63, 3.8) is 0 Å². The van der Waals surface area contributed by atoms with E-state index in [0.717, 1.165) is 17.3 Å². The lowest BCUT2D eigenvalue weighted by Crippen LogP contribution is -2.28. The van der Waals surface area contributed by atoms with Crippen LogP contribution >= 0.6 is 11.8 Å². The highest BCUT2D eigenvalue weighted by molar-refractivity contribution is 7.99. The smallest absolute Gasteiger partial charge is 0.230 e. The molecule has 0 aliphatic carbocycles. The van der Waals surface area contributed by atoms with Crippen molar-refractivity contribution in [1.82, 2.24) is 20.1 Å². The molecule has 1 aromatic heterocycles. The molecule has 0 spiro atoms. The van der Waals surface area contributed by atoms with Gasteiger partial charge < -0.3 is 5.32 Å². The Bertz CT molecular complexity index is 624. The molecule has 0 fully saturated rings. The first kappa shape index (κ1) is 16.5. The van der Waals surface area contributed by atoms with Gasteiger partial charge in [-0.25, -0.2) is 0 Å². The van der Waals surface area contributed by atoms with Crippen molar-refractivity contribution in [1.29, 1.82) is 0 Å². The lowest BCUT2D eigenvalue weighted by molar-refractivity contribution is -0.118. The van der Waals surface area contributed by atoms with Crippen LogP contribution in [0.2, 0.25) is 0 Å². The molecule has 0 aliphatic heterocycles. The van der Waals surface area contributed by atoms with E-state index in [2.05, 4.69) is 42.4 Å². The second-order valence-corrected chi connectivity index (χ2v) is 6.39. The molecule has 5 nitrogen and oxygen atoms in total. The summed E-state index contributed by atoms with van der Waals surface area (Å²) in [6.07, 6.45) is 2.64. The van der Waals surface area contributed by atoms with E-state index in [0.29, 0.717) is 18.2 Å². The molecule has 6 heteroatoms. The fourth-order valence-electron chi connectivity index (χ4n) is 2.03. The van der Waals surface area contributed by atoms with E-state index in [9.17, 15) is 4.79 Å². The summed E-state index contributed by atoms with van der Waals surface area (Å²) in [5.41, 5.74) is 2.30. The van der Waals surface area contributed by atoms with Crippen LogP contribution in [0.15, 0.2) is 35.7 Å². The molecule has 1 aromatic carbocycles. The second-order valence-electron chi connectivity index (χ2n) is 5.45. The van der Waals surface area contributed by atoms with Crippen molar-refractivity contribution in [3.8, 4) is 5.69 Å². The molecule has 0 atom stereocenters. The van der Waals surface area contributed by atoms with Crippen molar-refractivity contribution in [2.24, 2.45) is 5.92 Å². The third-order valence-electron chi connectivity index (χ3n) is 3.19.